The maximum atomic E-state index is 12.7. The van der Waals surface area contributed by atoms with E-state index in [9.17, 15) is 4.79 Å². The molecular formula is C35H46N2O. The first-order chi connectivity index (χ1) is 18.5. The van der Waals surface area contributed by atoms with Crippen molar-refractivity contribution in [3.63, 3.8) is 0 Å². The van der Waals surface area contributed by atoms with Crippen LogP contribution in [0.5, 0.6) is 0 Å². The molecule has 3 rings (SSSR count). The number of nitrogens with zero attached hydrogens (tertiary/aromatic N) is 2. The molecule has 3 heteroatoms. The van der Waals surface area contributed by atoms with Crippen LogP contribution in [0.15, 0.2) is 103 Å². The molecule has 0 heterocycles. The van der Waals surface area contributed by atoms with Gasteiger partial charge in [0.05, 0.1) is 0 Å². The lowest BCUT2D eigenvalue weighted by Crippen LogP contribution is -2.35. The van der Waals surface area contributed by atoms with Crippen molar-refractivity contribution in [1.82, 2.24) is 9.80 Å². The fraction of sp³-hybridized carbons (Fsp3) is 0.400. The van der Waals surface area contributed by atoms with Crippen LogP contribution < -0.4 is 0 Å². The Morgan fingerprint density at radius 2 is 1.24 bits per heavy atom. The van der Waals surface area contributed by atoms with E-state index in [2.05, 4.69) is 115 Å². The predicted octanol–water partition coefficient (Wildman–Crippen LogP) is 7.92. The van der Waals surface area contributed by atoms with E-state index in [1.165, 1.54) is 42.4 Å². The largest absolute Gasteiger partial charge is 0.349 e. The summed E-state index contributed by atoms with van der Waals surface area (Å²) in [6, 6.07) is 32.5. The van der Waals surface area contributed by atoms with Crippen molar-refractivity contribution in [2.75, 3.05) is 14.1 Å². The summed E-state index contributed by atoms with van der Waals surface area (Å²) in [5.74, 6) is 0.468. The average molecular weight is 511 g/mol. The number of rotatable bonds is 16. The second-order valence-electron chi connectivity index (χ2n) is 10.6. The van der Waals surface area contributed by atoms with Gasteiger partial charge in [0.2, 0.25) is 5.91 Å². The third-order valence-corrected chi connectivity index (χ3v) is 7.18. The molecule has 3 nitrogen and oxygen atoms in total. The highest BCUT2D eigenvalue weighted by Crippen LogP contribution is 2.22. The second kappa shape index (κ2) is 16.6. The van der Waals surface area contributed by atoms with Gasteiger partial charge >= 0.3 is 0 Å². The lowest BCUT2D eigenvalue weighted by molar-refractivity contribution is -0.129. The molecule has 3 aromatic rings. The van der Waals surface area contributed by atoms with E-state index < -0.39 is 0 Å². The highest BCUT2D eigenvalue weighted by atomic mass is 16.2. The molecule has 38 heavy (non-hydrogen) atoms. The summed E-state index contributed by atoms with van der Waals surface area (Å²) in [7, 11) is 3.72. The third-order valence-electron chi connectivity index (χ3n) is 7.18. The highest BCUT2D eigenvalue weighted by molar-refractivity contribution is 5.76. The molecule has 202 valence electrons. The van der Waals surface area contributed by atoms with Crippen molar-refractivity contribution in [2.45, 2.75) is 71.0 Å². The predicted molar refractivity (Wildman–Crippen MR) is 161 cm³/mol. The van der Waals surface area contributed by atoms with E-state index in [1.807, 2.05) is 14.1 Å². The van der Waals surface area contributed by atoms with E-state index in [1.54, 1.807) is 4.90 Å². The topological polar surface area (TPSA) is 23.6 Å². The fourth-order valence-corrected chi connectivity index (χ4v) is 4.89. The van der Waals surface area contributed by atoms with E-state index in [0.29, 0.717) is 6.42 Å². The van der Waals surface area contributed by atoms with Gasteiger partial charge in [-0.15, -0.1) is 0 Å². The van der Waals surface area contributed by atoms with Gasteiger partial charge in [0.25, 0.3) is 0 Å². The van der Waals surface area contributed by atoms with Gasteiger partial charge in [0, 0.05) is 39.6 Å². The molecule has 0 unspecified atom stereocenters. The number of carbonyl (C=O) groups is 1. The average Bonchev–Trinajstić information content (AvgIpc) is 2.94. The van der Waals surface area contributed by atoms with Gasteiger partial charge in [-0.2, -0.15) is 0 Å². The first-order valence-corrected chi connectivity index (χ1v) is 14.3. The minimum absolute atomic E-state index is 0.208. The van der Waals surface area contributed by atoms with Gasteiger partial charge in [-0.25, -0.2) is 0 Å². The Balaban J connectivity index is 1.90. The Morgan fingerprint density at radius 3 is 1.74 bits per heavy atom. The summed E-state index contributed by atoms with van der Waals surface area (Å²) in [6.45, 7) is 3.99. The zero-order valence-electron chi connectivity index (χ0n) is 23.6. The van der Waals surface area contributed by atoms with E-state index >= 15 is 0 Å². The van der Waals surface area contributed by atoms with Crippen LogP contribution >= 0.6 is 0 Å². The molecule has 1 amide bonds. The summed E-state index contributed by atoms with van der Waals surface area (Å²) >= 11 is 0. The molecular weight excluding hydrogens is 464 g/mol. The van der Waals surface area contributed by atoms with Gasteiger partial charge in [-0.05, 0) is 35.4 Å². The molecule has 0 radical (unpaired) electrons. The summed E-state index contributed by atoms with van der Waals surface area (Å²) in [4.78, 5) is 17.0. The number of amides is 1. The van der Waals surface area contributed by atoms with Gasteiger partial charge < -0.3 is 4.90 Å². The van der Waals surface area contributed by atoms with Gasteiger partial charge in [-0.3, -0.25) is 9.69 Å². The summed E-state index contributed by atoms with van der Waals surface area (Å²) in [6.07, 6.45) is 12.2. The Hall–Kier alpha value is -3.17. The molecule has 0 saturated heterocycles. The van der Waals surface area contributed by atoms with E-state index in [4.69, 9.17) is 0 Å². The normalized spacial score (nSPS) is 13.1. The first kappa shape index (κ1) is 29.4. The molecule has 0 aromatic heterocycles. The fourth-order valence-electron chi connectivity index (χ4n) is 4.89. The Bertz CT molecular complexity index is 1020. The smallest absolute Gasteiger partial charge is 0.222 e. The molecule has 0 aliphatic carbocycles. The number of benzene rings is 3. The number of carbonyl (C=O) groups excluding carboxylic acids is 1. The summed E-state index contributed by atoms with van der Waals surface area (Å²) in [5.41, 5.74) is 3.96. The van der Waals surface area contributed by atoms with E-state index in [0.717, 1.165) is 25.9 Å². The number of hydrogen-bond donors (Lipinski definition) is 0. The van der Waals surface area contributed by atoms with Crippen molar-refractivity contribution in [3.05, 3.63) is 120 Å². The van der Waals surface area contributed by atoms with Crippen LogP contribution in [-0.2, 0) is 24.3 Å². The minimum atomic E-state index is 0.208. The summed E-state index contributed by atoms with van der Waals surface area (Å²) in [5, 5.41) is 0. The molecule has 0 N–H and O–H groups in total. The molecule has 0 aliphatic heterocycles. The van der Waals surface area contributed by atoms with Crippen molar-refractivity contribution in [2.24, 2.45) is 5.92 Å². The minimum Gasteiger partial charge on any atom is -0.349 e. The number of allylic oxidation sites excluding steroid dienone is 1. The molecule has 3 aromatic carbocycles. The molecule has 0 saturated carbocycles. The van der Waals surface area contributed by atoms with Crippen molar-refractivity contribution in [3.8, 4) is 0 Å². The molecule has 0 bridgehead atoms. The number of unbranched alkanes of at least 4 members (excludes halogenated alkanes) is 3. The Morgan fingerprint density at radius 1 is 0.711 bits per heavy atom. The highest BCUT2D eigenvalue weighted by Gasteiger charge is 2.19. The quantitative estimate of drug-likeness (QED) is 0.144. The Kier molecular flexibility index (Phi) is 12.9. The lowest BCUT2D eigenvalue weighted by Gasteiger charge is -2.31. The maximum Gasteiger partial charge on any atom is 0.222 e. The number of hydrogen-bond acceptors (Lipinski definition) is 2. The van der Waals surface area contributed by atoms with E-state index in [-0.39, 0.29) is 17.9 Å². The standard InChI is InChI=1S/C35H46N2O/c1-4-5-6-10-19-31(27-35(38)36(2)3)24-25-34(26-30-17-11-7-12-18-30)37(28-32-20-13-8-14-21-32)29-33-22-15-9-16-23-33/h7-9,11-18,20-25,31,34H,4-6,10,19,26-29H2,1-3H3/b25-24+/t31-,34+/m0/s1. The van der Waals surface area contributed by atoms with Crippen LogP contribution in [0.4, 0.5) is 0 Å². The van der Waals surface area contributed by atoms with Crippen LogP contribution in [0.3, 0.4) is 0 Å². The van der Waals surface area contributed by atoms with Crippen molar-refractivity contribution < 1.29 is 4.79 Å². The van der Waals surface area contributed by atoms with Crippen LogP contribution in [0.2, 0.25) is 0 Å². The molecule has 2 atom stereocenters. The lowest BCUT2D eigenvalue weighted by atomic mass is 9.94. The van der Waals surface area contributed by atoms with Gasteiger partial charge in [-0.1, -0.05) is 136 Å². The van der Waals surface area contributed by atoms with Crippen molar-refractivity contribution >= 4 is 5.91 Å². The van der Waals surface area contributed by atoms with Gasteiger partial charge in [0.1, 0.15) is 0 Å². The molecule has 0 fully saturated rings. The van der Waals surface area contributed by atoms with Crippen LogP contribution in [0, 0.1) is 5.92 Å². The second-order valence-corrected chi connectivity index (χ2v) is 10.6. The SMILES string of the molecule is CCCCCC[C@@H](/C=C/[C@H](Cc1ccccc1)N(Cc1ccccc1)Cc1ccccc1)CC(=O)N(C)C. The van der Waals surface area contributed by atoms with Crippen molar-refractivity contribution in [1.29, 1.82) is 0 Å². The zero-order valence-corrected chi connectivity index (χ0v) is 23.6. The molecule has 0 aliphatic rings. The monoisotopic (exact) mass is 510 g/mol. The van der Waals surface area contributed by atoms with Gasteiger partial charge in [0.15, 0.2) is 0 Å². The Labute approximate surface area is 231 Å². The van der Waals surface area contributed by atoms with Crippen LogP contribution in [0.25, 0.3) is 0 Å². The zero-order chi connectivity index (χ0) is 27.0. The maximum absolute atomic E-state index is 12.7. The third kappa shape index (κ3) is 10.7. The first-order valence-electron chi connectivity index (χ1n) is 14.3. The molecule has 0 spiro atoms. The summed E-state index contributed by atoms with van der Waals surface area (Å²) < 4.78 is 0. The van der Waals surface area contributed by atoms with Crippen LogP contribution in [-0.4, -0.2) is 35.8 Å². The van der Waals surface area contributed by atoms with Crippen LogP contribution in [0.1, 0.15) is 62.1 Å².